The molecule has 0 radical (unpaired) electrons. The summed E-state index contributed by atoms with van der Waals surface area (Å²) in [7, 11) is 0. The highest BCUT2D eigenvalue weighted by atomic mass is 35.5. The highest BCUT2D eigenvalue weighted by Crippen LogP contribution is 2.33. The van der Waals surface area contributed by atoms with Crippen LogP contribution in [-0.2, 0) is 25.6 Å². The van der Waals surface area contributed by atoms with Gasteiger partial charge in [-0.1, -0.05) is 17.7 Å². The number of thiophene rings is 1. The van der Waals surface area contributed by atoms with Crippen molar-refractivity contribution in [2.45, 2.75) is 32.0 Å². The Hall–Kier alpha value is -2.65. The Balaban J connectivity index is 1.51. The van der Waals surface area contributed by atoms with Crippen molar-refractivity contribution in [2.24, 2.45) is 0 Å². The molecule has 0 saturated heterocycles. The van der Waals surface area contributed by atoms with Crippen molar-refractivity contribution in [3.63, 3.8) is 0 Å². The first-order chi connectivity index (χ1) is 15.3. The van der Waals surface area contributed by atoms with Crippen molar-refractivity contribution < 1.29 is 18.0 Å². The van der Waals surface area contributed by atoms with Gasteiger partial charge in [0.15, 0.2) is 5.82 Å². The molecule has 1 N–H and O–H groups in total. The van der Waals surface area contributed by atoms with Gasteiger partial charge in [-0.05, 0) is 54.5 Å². The number of carbonyl (C=O) groups is 1. The Morgan fingerprint density at radius 2 is 2.12 bits per heavy atom. The average molecular weight is 481 g/mol. The molecule has 1 aromatic carbocycles. The number of halogens is 4. The van der Waals surface area contributed by atoms with Gasteiger partial charge in [-0.2, -0.15) is 13.2 Å². The van der Waals surface area contributed by atoms with Crippen LogP contribution in [0.4, 0.5) is 19.0 Å². The molecule has 5 nitrogen and oxygen atoms in total. The van der Waals surface area contributed by atoms with Crippen molar-refractivity contribution in [2.75, 3.05) is 18.0 Å². The monoisotopic (exact) mass is 480 g/mol. The predicted octanol–water partition coefficient (Wildman–Crippen LogP) is 5.14. The molecule has 0 atom stereocenters. The lowest BCUT2D eigenvalue weighted by atomic mass is 10.1. The topological polar surface area (TPSA) is 58.1 Å². The van der Waals surface area contributed by atoms with Gasteiger partial charge >= 0.3 is 6.18 Å². The molecule has 32 heavy (non-hydrogen) atoms. The Morgan fingerprint density at radius 1 is 1.28 bits per heavy atom. The van der Waals surface area contributed by atoms with Gasteiger partial charge in [-0.3, -0.25) is 9.78 Å². The molecular formula is C22H20ClF3N4OS. The molecule has 168 valence electrons. The maximum atomic E-state index is 13.1. The van der Waals surface area contributed by atoms with E-state index in [1.165, 1.54) is 17.1 Å². The lowest BCUT2D eigenvalue weighted by molar-refractivity contribution is -0.137. The van der Waals surface area contributed by atoms with Gasteiger partial charge in [0, 0.05) is 29.5 Å². The molecule has 10 heteroatoms. The first-order valence-corrected chi connectivity index (χ1v) is 11.3. The minimum atomic E-state index is -4.45. The van der Waals surface area contributed by atoms with E-state index < -0.39 is 11.7 Å². The number of nitrogens with zero attached hydrogens (tertiary/aromatic N) is 3. The molecule has 3 aromatic rings. The van der Waals surface area contributed by atoms with Gasteiger partial charge in [-0.15, -0.1) is 11.3 Å². The van der Waals surface area contributed by atoms with E-state index in [0.29, 0.717) is 30.9 Å². The van der Waals surface area contributed by atoms with Crippen LogP contribution in [0, 0.1) is 0 Å². The standard InChI is InChI=1S/C22H20ClF3N4OS/c23-17-6-5-15(22(24,25)26)11-14(17)13-30-9-1-4-18-20(30)29-19(12-28-18)21(31)27-8-7-16-3-2-10-32-16/h2-3,5-6,10-12H,1,4,7-9,13H2,(H,27,31). The molecule has 4 rings (SSSR count). The zero-order chi connectivity index (χ0) is 22.7. The number of benzene rings is 1. The van der Waals surface area contributed by atoms with E-state index in [9.17, 15) is 18.0 Å². The van der Waals surface area contributed by atoms with Crippen LogP contribution in [0.25, 0.3) is 0 Å². The fourth-order valence-corrected chi connectivity index (χ4v) is 4.45. The van der Waals surface area contributed by atoms with Crippen LogP contribution in [0.2, 0.25) is 5.02 Å². The third kappa shape index (κ3) is 5.21. The minimum Gasteiger partial charge on any atom is -0.351 e. The van der Waals surface area contributed by atoms with Gasteiger partial charge in [-0.25, -0.2) is 4.98 Å². The molecule has 0 aliphatic carbocycles. The number of nitrogens with one attached hydrogen (secondary N) is 1. The van der Waals surface area contributed by atoms with Gasteiger partial charge in [0.1, 0.15) is 5.69 Å². The third-order valence-corrected chi connectivity index (χ3v) is 6.48. The number of hydrogen-bond acceptors (Lipinski definition) is 5. The molecule has 0 fully saturated rings. The van der Waals surface area contributed by atoms with Crippen LogP contribution in [-0.4, -0.2) is 29.0 Å². The van der Waals surface area contributed by atoms with Gasteiger partial charge in [0.05, 0.1) is 17.5 Å². The summed E-state index contributed by atoms with van der Waals surface area (Å²) in [5, 5.41) is 5.08. The summed E-state index contributed by atoms with van der Waals surface area (Å²) < 4.78 is 39.4. The van der Waals surface area contributed by atoms with Crippen molar-refractivity contribution in [3.05, 3.63) is 74.3 Å². The van der Waals surface area contributed by atoms with Crippen LogP contribution >= 0.6 is 22.9 Å². The molecule has 2 aromatic heterocycles. The van der Waals surface area contributed by atoms with E-state index in [1.807, 2.05) is 22.4 Å². The highest BCUT2D eigenvalue weighted by Gasteiger charge is 2.31. The Bertz CT molecular complexity index is 1110. The van der Waals surface area contributed by atoms with Gasteiger partial charge in [0.2, 0.25) is 0 Å². The molecule has 1 amide bonds. The Morgan fingerprint density at radius 3 is 2.88 bits per heavy atom. The van der Waals surface area contributed by atoms with Crippen molar-refractivity contribution in [3.8, 4) is 0 Å². The fourth-order valence-electron chi connectivity index (χ4n) is 3.56. The second-order valence-electron chi connectivity index (χ2n) is 7.44. The molecule has 0 saturated carbocycles. The van der Waals surface area contributed by atoms with Crippen LogP contribution in [0.3, 0.4) is 0 Å². The number of alkyl halides is 3. The number of hydrogen-bond donors (Lipinski definition) is 1. The van der Waals surface area contributed by atoms with E-state index in [4.69, 9.17) is 11.6 Å². The average Bonchev–Trinajstić information content (AvgIpc) is 3.28. The molecule has 0 unspecified atom stereocenters. The largest absolute Gasteiger partial charge is 0.416 e. The molecule has 1 aliphatic heterocycles. The molecule has 1 aliphatic rings. The summed E-state index contributed by atoms with van der Waals surface area (Å²) in [6.45, 7) is 1.20. The summed E-state index contributed by atoms with van der Waals surface area (Å²) in [6.07, 6.45) is -0.810. The van der Waals surface area contributed by atoms with Crippen LogP contribution in [0.5, 0.6) is 0 Å². The second-order valence-corrected chi connectivity index (χ2v) is 8.88. The second kappa shape index (κ2) is 9.46. The van der Waals surface area contributed by atoms with Crippen molar-refractivity contribution in [1.29, 1.82) is 0 Å². The van der Waals surface area contributed by atoms with E-state index in [1.54, 1.807) is 11.3 Å². The van der Waals surface area contributed by atoms with Crippen molar-refractivity contribution >= 4 is 34.7 Å². The number of aromatic nitrogens is 2. The molecule has 0 spiro atoms. The Kier molecular flexibility index (Phi) is 6.66. The summed E-state index contributed by atoms with van der Waals surface area (Å²) in [5.74, 6) is 0.176. The first kappa shape index (κ1) is 22.5. The number of rotatable bonds is 6. The summed E-state index contributed by atoms with van der Waals surface area (Å²) >= 11 is 7.81. The minimum absolute atomic E-state index is 0.147. The SMILES string of the molecule is O=C(NCCc1cccs1)c1cnc2c(n1)N(Cc1cc(C(F)(F)F)ccc1Cl)CCC2. The number of amides is 1. The van der Waals surface area contributed by atoms with E-state index >= 15 is 0 Å². The molecule has 3 heterocycles. The van der Waals surface area contributed by atoms with E-state index in [-0.39, 0.29) is 23.2 Å². The smallest absolute Gasteiger partial charge is 0.351 e. The molecule has 0 bridgehead atoms. The number of aryl methyl sites for hydroxylation is 1. The van der Waals surface area contributed by atoms with Gasteiger partial charge in [0.25, 0.3) is 5.91 Å². The van der Waals surface area contributed by atoms with Crippen LogP contribution in [0.1, 0.15) is 38.6 Å². The van der Waals surface area contributed by atoms with Gasteiger partial charge < -0.3 is 10.2 Å². The zero-order valence-corrected chi connectivity index (χ0v) is 18.5. The normalized spacial score (nSPS) is 13.7. The Labute approximate surface area is 192 Å². The quantitative estimate of drug-likeness (QED) is 0.531. The zero-order valence-electron chi connectivity index (χ0n) is 17.0. The third-order valence-electron chi connectivity index (χ3n) is 5.17. The van der Waals surface area contributed by atoms with E-state index in [0.717, 1.165) is 30.7 Å². The van der Waals surface area contributed by atoms with Crippen LogP contribution in [0.15, 0.2) is 41.9 Å². The summed E-state index contributed by atoms with van der Waals surface area (Å²) in [5.41, 5.74) is 0.493. The fraction of sp³-hybridized carbons (Fsp3) is 0.318. The highest BCUT2D eigenvalue weighted by molar-refractivity contribution is 7.09. The lowest BCUT2D eigenvalue weighted by Crippen LogP contribution is -2.33. The van der Waals surface area contributed by atoms with Crippen molar-refractivity contribution in [1.82, 2.24) is 15.3 Å². The first-order valence-electron chi connectivity index (χ1n) is 10.1. The van der Waals surface area contributed by atoms with Crippen LogP contribution < -0.4 is 10.2 Å². The maximum absolute atomic E-state index is 13.1. The number of anilines is 1. The number of carbonyl (C=O) groups excluding carboxylic acids is 1. The summed E-state index contributed by atoms with van der Waals surface area (Å²) in [4.78, 5) is 24.4. The summed E-state index contributed by atoms with van der Waals surface area (Å²) in [6, 6.07) is 7.25. The predicted molar refractivity (Wildman–Crippen MR) is 118 cm³/mol. The maximum Gasteiger partial charge on any atom is 0.416 e. The lowest BCUT2D eigenvalue weighted by Gasteiger charge is -2.30. The molecular weight excluding hydrogens is 461 g/mol. The number of fused-ring (bicyclic) bond motifs is 1. The van der Waals surface area contributed by atoms with E-state index in [2.05, 4.69) is 15.3 Å².